The molecule has 2 heterocycles. The van der Waals surface area contributed by atoms with Crippen molar-refractivity contribution in [1.29, 1.82) is 0 Å². The molecule has 0 fully saturated rings. The third kappa shape index (κ3) is 4.07. The normalized spacial score (nSPS) is 10.8. The molecule has 0 bridgehead atoms. The van der Waals surface area contributed by atoms with E-state index in [-0.39, 0.29) is 12.3 Å². The number of aryl methyl sites for hydroxylation is 2. The van der Waals surface area contributed by atoms with Gasteiger partial charge >= 0.3 is 0 Å². The van der Waals surface area contributed by atoms with Gasteiger partial charge in [0.25, 0.3) is 0 Å². The van der Waals surface area contributed by atoms with Crippen molar-refractivity contribution in [3.63, 3.8) is 0 Å². The SMILES string of the molecule is CCc1ccc(-c2csc(NC(=O)Cc3csc(CC)n3)n2)cc1. The van der Waals surface area contributed by atoms with Crippen LogP contribution in [0.5, 0.6) is 0 Å². The standard InChI is InChI=1S/C18H19N3OS2/c1-3-12-5-7-13(8-6-12)15-11-24-18(20-15)21-16(22)9-14-10-23-17(4-2)19-14/h5-8,10-11H,3-4,9H2,1-2H3,(H,20,21,22). The smallest absolute Gasteiger partial charge is 0.232 e. The predicted octanol–water partition coefficient (Wildman–Crippen LogP) is 4.57. The average Bonchev–Trinajstić information content (AvgIpc) is 3.24. The van der Waals surface area contributed by atoms with Crippen molar-refractivity contribution in [2.24, 2.45) is 0 Å². The van der Waals surface area contributed by atoms with Crippen LogP contribution in [0.2, 0.25) is 0 Å². The second-order valence-corrected chi connectivity index (χ2v) is 7.20. The Morgan fingerprint density at radius 1 is 1.04 bits per heavy atom. The van der Waals surface area contributed by atoms with Crippen LogP contribution in [0.25, 0.3) is 11.3 Å². The summed E-state index contributed by atoms with van der Waals surface area (Å²) in [5.74, 6) is -0.0785. The first kappa shape index (κ1) is 16.8. The van der Waals surface area contributed by atoms with Gasteiger partial charge in [0.1, 0.15) is 0 Å². The van der Waals surface area contributed by atoms with Gasteiger partial charge in [0.05, 0.1) is 22.8 Å². The summed E-state index contributed by atoms with van der Waals surface area (Å²) in [4.78, 5) is 21.1. The van der Waals surface area contributed by atoms with Crippen LogP contribution in [0, 0.1) is 0 Å². The summed E-state index contributed by atoms with van der Waals surface area (Å²) in [6.45, 7) is 4.20. The molecular formula is C18H19N3OS2. The Hall–Kier alpha value is -2.05. The molecule has 1 aromatic carbocycles. The Bertz CT molecular complexity index is 821. The van der Waals surface area contributed by atoms with E-state index in [0.29, 0.717) is 5.13 Å². The van der Waals surface area contributed by atoms with Gasteiger partial charge in [0, 0.05) is 16.3 Å². The van der Waals surface area contributed by atoms with E-state index in [0.717, 1.165) is 34.8 Å². The molecule has 0 unspecified atom stereocenters. The molecule has 0 atom stereocenters. The molecule has 6 heteroatoms. The van der Waals surface area contributed by atoms with E-state index in [1.165, 1.54) is 16.9 Å². The fourth-order valence-corrected chi connectivity index (χ4v) is 3.78. The molecule has 0 radical (unpaired) electrons. The van der Waals surface area contributed by atoms with Crippen molar-refractivity contribution in [3.05, 3.63) is 51.3 Å². The number of nitrogens with zero attached hydrogens (tertiary/aromatic N) is 2. The summed E-state index contributed by atoms with van der Waals surface area (Å²) >= 11 is 3.04. The molecule has 0 spiro atoms. The van der Waals surface area contributed by atoms with E-state index in [1.54, 1.807) is 11.3 Å². The minimum Gasteiger partial charge on any atom is -0.302 e. The molecule has 1 amide bonds. The summed E-state index contributed by atoms with van der Waals surface area (Å²) in [6, 6.07) is 8.36. The molecule has 0 aliphatic rings. The molecule has 0 aliphatic carbocycles. The Morgan fingerprint density at radius 3 is 2.50 bits per heavy atom. The van der Waals surface area contributed by atoms with Crippen molar-refractivity contribution in [2.75, 3.05) is 5.32 Å². The van der Waals surface area contributed by atoms with Gasteiger partial charge < -0.3 is 5.32 Å². The van der Waals surface area contributed by atoms with E-state index in [9.17, 15) is 4.79 Å². The Labute approximate surface area is 149 Å². The van der Waals surface area contributed by atoms with Crippen molar-refractivity contribution >= 4 is 33.7 Å². The van der Waals surface area contributed by atoms with Gasteiger partial charge in [0.2, 0.25) is 5.91 Å². The summed E-state index contributed by atoms with van der Waals surface area (Å²) < 4.78 is 0. The number of anilines is 1. The second-order valence-electron chi connectivity index (χ2n) is 5.40. The van der Waals surface area contributed by atoms with Gasteiger partial charge in [-0.15, -0.1) is 22.7 Å². The molecule has 3 aromatic rings. The highest BCUT2D eigenvalue weighted by molar-refractivity contribution is 7.14. The van der Waals surface area contributed by atoms with Crippen LogP contribution in [0.4, 0.5) is 5.13 Å². The van der Waals surface area contributed by atoms with E-state index < -0.39 is 0 Å². The lowest BCUT2D eigenvalue weighted by Crippen LogP contribution is -2.14. The quantitative estimate of drug-likeness (QED) is 0.703. The Balaban J connectivity index is 1.63. The molecular weight excluding hydrogens is 338 g/mol. The Kier molecular flexibility index (Phi) is 5.37. The summed E-state index contributed by atoms with van der Waals surface area (Å²) in [5, 5.41) is 8.46. The number of amides is 1. The first-order valence-electron chi connectivity index (χ1n) is 7.96. The highest BCUT2D eigenvalue weighted by Crippen LogP contribution is 2.25. The maximum absolute atomic E-state index is 12.1. The van der Waals surface area contributed by atoms with Crippen molar-refractivity contribution in [2.45, 2.75) is 33.1 Å². The molecule has 0 saturated heterocycles. The van der Waals surface area contributed by atoms with E-state index >= 15 is 0 Å². The van der Waals surface area contributed by atoms with Gasteiger partial charge in [0.15, 0.2) is 5.13 Å². The zero-order valence-corrected chi connectivity index (χ0v) is 15.3. The first-order valence-corrected chi connectivity index (χ1v) is 9.71. The van der Waals surface area contributed by atoms with Gasteiger partial charge in [-0.2, -0.15) is 0 Å². The minimum atomic E-state index is -0.0785. The van der Waals surface area contributed by atoms with Crippen LogP contribution in [0.1, 0.15) is 30.1 Å². The van der Waals surface area contributed by atoms with Gasteiger partial charge in [-0.1, -0.05) is 38.1 Å². The summed E-state index contributed by atoms with van der Waals surface area (Å²) in [7, 11) is 0. The number of benzene rings is 1. The van der Waals surface area contributed by atoms with Crippen LogP contribution in [-0.4, -0.2) is 15.9 Å². The van der Waals surface area contributed by atoms with E-state index in [1.807, 2.05) is 10.8 Å². The number of rotatable bonds is 6. The number of hydrogen-bond acceptors (Lipinski definition) is 5. The zero-order chi connectivity index (χ0) is 16.9. The molecule has 24 heavy (non-hydrogen) atoms. The largest absolute Gasteiger partial charge is 0.302 e. The average molecular weight is 358 g/mol. The van der Waals surface area contributed by atoms with Gasteiger partial charge in [-0.3, -0.25) is 4.79 Å². The highest BCUT2D eigenvalue weighted by Gasteiger charge is 2.10. The first-order chi connectivity index (χ1) is 11.7. The zero-order valence-electron chi connectivity index (χ0n) is 13.7. The summed E-state index contributed by atoms with van der Waals surface area (Å²) in [6.07, 6.45) is 2.21. The van der Waals surface area contributed by atoms with Crippen LogP contribution < -0.4 is 5.32 Å². The van der Waals surface area contributed by atoms with Gasteiger partial charge in [-0.25, -0.2) is 9.97 Å². The van der Waals surface area contributed by atoms with Crippen LogP contribution >= 0.6 is 22.7 Å². The lowest BCUT2D eigenvalue weighted by atomic mass is 10.1. The lowest BCUT2D eigenvalue weighted by Gasteiger charge is -2.00. The topological polar surface area (TPSA) is 54.9 Å². The molecule has 2 aromatic heterocycles. The summed E-state index contributed by atoms with van der Waals surface area (Å²) in [5.41, 5.74) is 4.08. The number of aromatic nitrogens is 2. The van der Waals surface area contributed by atoms with Crippen molar-refractivity contribution < 1.29 is 4.79 Å². The third-order valence-electron chi connectivity index (χ3n) is 3.65. The third-order valence-corrected chi connectivity index (χ3v) is 5.45. The second kappa shape index (κ2) is 7.68. The molecule has 0 aliphatic heterocycles. The van der Waals surface area contributed by atoms with Crippen molar-refractivity contribution in [1.82, 2.24) is 9.97 Å². The predicted molar refractivity (Wildman–Crippen MR) is 101 cm³/mol. The van der Waals surface area contributed by atoms with Crippen LogP contribution in [0.15, 0.2) is 35.0 Å². The van der Waals surface area contributed by atoms with E-state index in [4.69, 9.17) is 0 Å². The fourth-order valence-electron chi connectivity index (χ4n) is 2.30. The molecule has 4 nitrogen and oxygen atoms in total. The maximum atomic E-state index is 12.1. The monoisotopic (exact) mass is 357 g/mol. The van der Waals surface area contributed by atoms with Crippen LogP contribution in [-0.2, 0) is 24.1 Å². The Morgan fingerprint density at radius 2 is 1.83 bits per heavy atom. The number of carbonyl (C=O) groups is 1. The van der Waals surface area contributed by atoms with E-state index in [2.05, 4.69) is 53.4 Å². The highest BCUT2D eigenvalue weighted by atomic mass is 32.1. The number of hydrogen-bond donors (Lipinski definition) is 1. The maximum Gasteiger partial charge on any atom is 0.232 e. The fraction of sp³-hybridized carbons (Fsp3) is 0.278. The molecule has 3 rings (SSSR count). The molecule has 124 valence electrons. The van der Waals surface area contributed by atoms with Crippen LogP contribution in [0.3, 0.4) is 0 Å². The molecule has 0 saturated carbocycles. The minimum absolute atomic E-state index is 0.0785. The number of thiazole rings is 2. The number of nitrogens with one attached hydrogen (secondary N) is 1. The lowest BCUT2D eigenvalue weighted by molar-refractivity contribution is -0.115. The van der Waals surface area contributed by atoms with Gasteiger partial charge in [-0.05, 0) is 18.4 Å². The molecule has 1 N–H and O–H groups in total. The number of carbonyl (C=O) groups excluding carboxylic acids is 1. The van der Waals surface area contributed by atoms with Crippen molar-refractivity contribution in [3.8, 4) is 11.3 Å².